The van der Waals surface area contributed by atoms with Gasteiger partial charge in [-0.3, -0.25) is 14.8 Å². The second kappa shape index (κ2) is 11.2. The summed E-state index contributed by atoms with van der Waals surface area (Å²) in [6, 6.07) is 10.4. The van der Waals surface area contributed by atoms with E-state index in [1.807, 2.05) is 13.8 Å². The van der Waals surface area contributed by atoms with Gasteiger partial charge in [0.1, 0.15) is 5.75 Å². The smallest absolute Gasteiger partial charge is 0.321 e. The van der Waals surface area contributed by atoms with Gasteiger partial charge in [-0.1, -0.05) is 0 Å². The molecule has 0 aliphatic heterocycles. The Labute approximate surface area is 214 Å². The number of hydrogen-bond acceptors (Lipinski definition) is 9. The summed E-state index contributed by atoms with van der Waals surface area (Å²) in [6.07, 6.45) is 0. The standard InChI is InChI=1S/C23H25N5O6S2/c1-13-10-15(11-18(32-3)14(13)2)21(29)27-23(35)24-16-6-8-17(9-7-16)36(30,31)28-19-12-20(33-4)26-22(25-19)34-5/h6-12H,1-5H3,(H,25,26,28)(H2,24,27,29,35). The number of anilines is 2. The number of hydrogen-bond donors (Lipinski definition) is 3. The molecule has 190 valence electrons. The van der Waals surface area contributed by atoms with Crippen molar-refractivity contribution in [1.29, 1.82) is 0 Å². The maximum Gasteiger partial charge on any atom is 0.321 e. The van der Waals surface area contributed by atoms with Gasteiger partial charge in [-0.05, 0) is 73.6 Å². The van der Waals surface area contributed by atoms with Crippen LogP contribution in [0.1, 0.15) is 21.5 Å². The lowest BCUT2D eigenvalue weighted by molar-refractivity contribution is 0.0977. The first-order valence-corrected chi connectivity index (χ1v) is 12.3. The van der Waals surface area contributed by atoms with E-state index in [-0.39, 0.29) is 27.7 Å². The summed E-state index contributed by atoms with van der Waals surface area (Å²) in [6.45, 7) is 3.79. The number of rotatable bonds is 8. The van der Waals surface area contributed by atoms with Crippen LogP contribution in [0.2, 0.25) is 0 Å². The molecule has 2 aromatic carbocycles. The molecule has 0 saturated heterocycles. The molecule has 0 fully saturated rings. The number of nitrogens with one attached hydrogen (secondary N) is 3. The van der Waals surface area contributed by atoms with Crippen LogP contribution in [0.5, 0.6) is 17.6 Å². The molecule has 0 spiro atoms. The highest BCUT2D eigenvalue weighted by Crippen LogP contribution is 2.24. The van der Waals surface area contributed by atoms with Crippen molar-refractivity contribution in [2.75, 3.05) is 31.4 Å². The number of methoxy groups -OCH3 is 3. The fourth-order valence-corrected chi connectivity index (χ4v) is 4.28. The number of benzene rings is 2. The van der Waals surface area contributed by atoms with E-state index in [1.54, 1.807) is 12.1 Å². The largest absolute Gasteiger partial charge is 0.496 e. The van der Waals surface area contributed by atoms with Crippen molar-refractivity contribution in [3.8, 4) is 17.6 Å². The van der Waals surface area contributed by atoms with Crippen molar-refractivity contribution in [1.82, 2.24) is 15.3 Å². The summed E-state index contributed by atoms with van der Waals surface area (Å²) in [4.78, 5) is 20.5. The summed E-state index contributed by atoms with van der Waals surface area (Å²) >= 11 is 5.23. The molecule has 3 N–H and O–H groups in total. The van der Waals surface area contributed by atoms with Crippen molar-refractivity contribution in [3.05, 3.63) is 59.2 Å². The topological polar surface area (TPSA) is 141 Å². The first-order valence-electron chi connectivity index (χ1n) is 10.4. The summed E-state index contributed by atoms with van der Waals surface area (Å²) in [7, 11) is 0.304. The van der Waals surface area contributed by atoms with E-state index in [4.69, 9.17) is 26.4 Å². The van der Waals surface area contributed by atoms with Crippen LogP contribution in [-0.4, -0.2) is 50.7 Å². The number of sulfonamides is 1. The van der Waals surface area contributed by atoms with E-state index < -0.39 is 15.9 Å². The minimum atomic E-state index is -3.97. The van der Waals surface area contributed by atoms with Crippen molar-refractivity contribution in [3.63, 3.8) is 0 Å². The summed E-state index contributed by atoms with van der Waals surface area (Å²) in [5, 5.41) is 5.50. The first-order chi connectivity index (χ1) is 17.1. The van der Waals surface area contributed by atoms with Crippen LogP contribution in [0.15, 0.2) is 47.4 Å². The lowest BCUT2D eigenvalue weighted by Gasteiger charge is -2.13. The molecule has 36 heavy (non-hydrogen) atoms. The van der Waals surface area contributed by atoms with Crippen LogP contribution in [-0.2, 0) is 10.0 Å². The van der Waals surface area contributed by atoms with Gasteiger partial charge in [-0.2, -0.15) is 9.97 Å². The van der Waals surface area contributed by atoms with Gasteiger partial charge in [0.05, 0.1) is 26.2 Å². The second-order valence-corrected chi connectivity index (χ2v) is 9.53. The van der Waals surface area contributed by atoms with Gasteiger partial charge in [0, 0.05) is 17.3 Å². The zero-order valence-corrected chi connectivity index (χ0v) is 21.8. The van der Waals surface area contributed by atoms with Crippen molar-refractivity contribution < 1.29 is 27.4 Å². The number of aryl methyl sites for hydroxylation is 1. The number of carbonyl (C=O) groups is 1. The first kappa shape index (κ1) is 26.6. The number of nitrogens with zero attached hydrogens (tertiary/aromatic N) is 2. The van der Waals surface area contributed by atoms with Gasteiger partial charge in [0.2, 0.25) is 5.88 Å². The Balaban J connectivity index is 1.67. The Hall–Kier alpha value is -3.97. The number of thiocarbonyl (C=S) groups is 1. The molecule has 0 radical (unpaired) electrons. The summed E-state index contributed by atoms with van der Waals surface area (Å²) in [5.41, 5.74) is 2.71. The molecule has 0 unspecified atom stereocenters. The Morgan fingerprint density at radius 2 is 1.64 bits per heavy atom. The van der Waals surface area contributed by atoms with Gasteiger partial charge in [-0.25, -0.2) is 8.42 Å². The molecule has 1 heterocycles. The normalized spacial score (nSPS) is 10.8. The second-order valence-electron chi connectivity index (χ2n) is 7.44. The molecule has 0 saturated carbocycles. The van der Waals surface area contributed by atoms with E-state index in [0.717, 1.165) is 11.1 Å². The molecular formula is C23H25N5O6S2. The van der Waals surface area contributed by atoms with Crippen LogP contribution < -0.4 is 29.6 Å². The lowest BCUT2D eigenvalue weighted by atomic mass is 10.0. The summed E-state index contributed by atoms with van der Waals surface area (Å²) in [5.74, 6) is 0.304. The third-order valence-corrected chi connectivity index (χ3v) is 6.64. The Kier molecular flexibility index (Phi) is 8.27. The minimum Gasteiger partial charge on any atom is -0.496 e. The summed E-state index contributed by atoms with van der Waals surface area (Å²) < 4.78 is 43.2. The SMILES string of the molecule is COc1cc(NS(=O)(=O)c2ccc(NC(=S)NC(=O)c3cc(C)c(C)c(OC)c3)cc2)nc(OC)n1. The third kappa shape index (κ3) is 6.37. The maximum atomic E-state index is 12.8. The maximum absolute atomic E-state index is 12.8. The molecular weight excluding hydrogens is 506 g/mol. The van der Waals surface area contributed by atoms with E-state index in [2.05, 4.69) is 25.3 Å². The fraction of sp³-hybridized carbons (Fsp3) is 0.217. The third-order valence-electron chi connectivity index (χ3n) is 5.06. The molecule has 11 nitrogen and oxygen atoms in total. The molecule has 1 amide bonds. The highest BCUT2D eigenvalue weighted by atomic mass is 32.2. The fourth-order valence-electron chi connectivity index (χ4n) is 3.07. The van der Waals surface area contributed by atoms with Crippen molar-refractivity contribution in [2.45, 2.75) is 18.7 Å². The Morgan fingerprint density at radius 3 is 2.25 bits per heavy atom. The van der Waals surface area contributed by atoms with Gasteiger partial charge in [-0.15, -0.1) is 0 Å². The number of aromatic nitrogens is 2. The number of amides is 1. The van der Waals surface area contributed by atoms with Gasteiger partial charge < -0.3 is 19.5 Å². The molecule has 1 aromatic heterocycles. The quantitative estimate of drug-likeness (QED) is 0.371. The zero-order chi connectivity index (χ0) is 26.5. The van der Waals surface area contributed by atoms with E-state index in [0.29, 0.717) is 17.0 Å². The number of carbonyl (C=O) groups excluding carboxylic acids is 1. The van der Waals surface area contributed by atoms with Crippen LogP contribution in [0, 0.1) is 13.8 Å². The average molecular weight is 532 g/mol. The van der Waals surface area contributed by atoms with Crippen molar-refractivity contribution in [2.24, 2.45) is 0 Å². The molecule has 0 aliphatic carbocycles. The molecule has 3 aromatic rings. The van der Waals surface area contributed by atoms with Crippen molar-refractivity contribution >= 4 is 44.8 Å². The van der Waals surface area contributed by atoms with Gasteiger partial charge in [0.15, 0.2) is 10.9 Å². The molecule has 0 aliphatic rings. The Morgan fingerprint density at radius 1 is 0.944 bits per heavy atom. The molecule has 0 bridgehead atoms. The Bertz CT molecular complexity index is 1370. The molecule has 0 atom stereocenters. The predicted molar refractivity (Wildman–Crippen MR) is 139 cm³/mol. The molecule has 13 heteroatoms. The van der Waals surface area contributed by atoms with Crippen LogP contribution in [0.3, 0.4) is 0 Å². The van der Waals surface area contributed by atoms with E-state index >= 15 is 0 Å². The van der Waals surface area contributed by atoms with Crippen LogP contribution >= 0.6 is 12.2 Å². The predicted octanol–water partition coefficient (Wildman–Crippen LogP) is 3.05. The monoisotopic (exact) mass is 531 g/mol. The van der Waals surface area contributed by atoms with Gasteiger partial charge >= 0.3 is 6.01 Å². The van der Waals surface area contributed by atoms with Crippen LogP contribution in [0.25, 0.3) is 0 Å². The number of ether oxygens (including phenoxy) is 3. The molecule has 3 rings (SSSR count). The van der Waals surface area contributed by atoms with E-state index in [1.165, 1.54) is 51.7 Å². The van der Waals surface area contributed by atoms with Crippen LogP contribution in [0.4, 0.5) is 11.5 Å². The highest BCUT2D eigenvalue weighted by molar-refractivity contribution is 7.92. The zero-order valence-electron chi connectivity index (χ0n) is 20.2. The average Bonchev–Trinajstić information content (AvgIpc) is 2.85. The van der Waals surface area contributed by atoms with E-state index in [9.17, 15) is 13.2 Å². The minimum absolute atomic E-state index is 0.0206. The highest BCUT2D eigenvalue weighted by Gasteiger charge is 2.17. The lowest BCUT2D eigenvalue weighted by Crippen LogP contribution is -2.34. The van der Waals surface area contributed by atoms with Gasteiger partial charge in [0.25, 0.3) is 15.9 Å².